The number of ether oxygens (including phenoxy) is 1. The van der Waals surface area contributed by atoms with Gasteiger partial charge in [-0.25, -0.2) is 9.59 Å². The number of nitrogens with zero attached hydrogens (tertiary/aromatic N) is 2. The number of hydrogen-bond donors (Lipinski definition) is 2. The van der Waals surface area contributed by atoms with Crippen LogP contribution < -0.4 is 5.32 Å². The first-order valence-corrected chi connectivity index (χ1v) is 8.86. The molecule has 1 fully saturated rings. The van der Waals surface area contributed by atoms with Crippen molar-refractivity contribution in [3.8, 4) is 0 Å². The van der Waals surface area contributed by atoms with Crippen LogP contribution in [0.15, 0.2) is 0 Å². The van der Waals surface area contributed by atoms with Crippen molar-refractivity contribution in [2.24, 2.45) is 0 Å². The molecule has 0 radical (unpaired) electrons. The second-order valence-electron chi connectivity index (χ2n) is 6.63. The molecule has 3 amide bonds. The van der Waals surface area contributed by atoms with E-state index in [0.29, 0.717) is 12.3 Å². The van der Waals surface area contributed by atoms with E-state index in [-0.39, 0.29) is 6.54 Å². The quantitative estimate of drug-likeness (QED) is 0.712. The lowest BCUT2D eigenvalue weighted by Crippen LogP contribution is -2.50. The molecule has 1 saturated heterocycles. The summed E-state index contributed by atoms with van der Waals surface area (Å²) >= 11 is 1.16. The van der Waals surface area contributed by atoms with Gasteiger partial charge in [0.15, 0.2) is 5.37 Å². The van der Waals surface area contributed by atoms with Crippen molar-refractivity contribution >= 4 is 35.6 Å². The predicted octanol–water partition coefficient (Wildman–Crippen LogP) is 0.344. The van der Waals surface area contributed by atoms with Crippen LogP contribution in [0.1, 0.15) is 27.7 Å². The number of rotatable bonds is 5. The fraction of sp³-hybridized carbons (Fsp3) is 0.733. The van der Waals surface area contributed by atoms with Crippen LogP contribution in [0.2, 0.25) is 0 Å². The molecule has 1 aliphatic heterocycles. The summed E-state index contributed by atoms with van der Waals surface area (Å²) in [6.07, 6.45) is -0.650. The fourth-order valence-corrected chi connectivity index (χ4v) is 3.08. The molecule has 2 atom stereocenters. The SMILES string of the molecule is CC(C(=O)NCC(=O)N1CCSC1C(=O)O)N(C)C(=O)OC(C)(C)C. The molecule has 25 heavy (non-hydrogen) atoms. The van der Waals surface area contributed by atoms with E-state index >= 15 is 0 Å². The lowest BCUT2D eigenvalue weighted by Gasteiger charge is -2.28. The highest BCUT2D eigenvalue weighted by atomic mass is 32.2. The van der Waals surface area contributed by atoms with Gasteiger partial charge < -0.3 is 20.1 Å². The maximum absolute atomic E-state index is 12.1. The molecular weight excluding hydrogens is 350 g/mol. The second kappa shape index (κ2) is 8.41. The van der Waals surface area contributed by atoms with Crippen LogP contribution >= 0.6 is 11.8 Å². The molecule has 1 aliphatic rings. The third kappa shape index (κ3) is 6.11. The molecule has 2 N–H and O–H groups in total. The van der Waals surface area contributed by atoms with E-state index in [1.54, 1.807) is 20.8 Å². The molecule has 0 aliphatic carbocycles. The van der Waals surface area contributed by atoms with Crippen molar-refractivity contribution in [1.82, 2.24) is 15.1 Å². The zero-order chi connectivity index (χ0) is 19.4. The molecule has 0 bridgehead atoms. The van der Waals surface area contributed by atoms with Gasteiger partial charge in [-0.2, -0.15) is 0 Å². The molecule has 0 aromatic heterocycles. The van der Waals surface area contributed by atoms with Gasteiger partial charge in [0.05, 0.1) is 6.54 Å². The molecule has 9 nitrogen and oxygen atoms in total. The number of carbonyl (C=O) groups excluding carboxylic acids is 3. The van der Waals surface area contributed by atoms with E-state index in [0.717, 1.165) is 16.7 Å². The number of likely N-dealkylation sites (N-methyl/N-ethyl adjacent to an activating group) is 1. The summed E-state index contributed by atoms with van der Waals surface area (Å²) in [4.78, 5) is 49.6. The summed E-state index contributed by atoms with van der Waals surface area (Å²) in [5.74, 6) is -1.55. The van der Waals surface area contributed by atoms with Gasteiger partial charge in [0, 0.05) is 19.3 Å². The molecule has 1 heterocycles. The largest absolute Gasteiger partial charge is 0.479 e. The van der Waals surface area contributed by atoms with Crippen LogP contribution in [0.3, 0.4) is 0 Å². The van der Waals surface area contributed by atoms with Crippen LogP contribution in [-0.2, 0) is 19.1 Å². The van der Waals surface area contributed by atoms with Crippen molar-refractivity contribution in [2.75, 3.05) is 25.9 Å². The van der Waals surface area contributed by atoms with Crippen LogP contribution in [0.4, 0.5) is 4.79 Å². The maximum Gasteiger partial charge on any atom is 0.410 e. The summed E-state index contributed by atoms with van der Waals surface area (Å²) in [6, 6.07) is -0.842. The number of thioether (sulfide) groups is 1. The Morgan fingerprint density at radius 3 is 2.48 bits per heavy atom. The highest BCUT2D eigenvalue weighted by molar-refractivity contribution is 8.00. The molecule has 0 saturated carbocycles. The molecule has 10 heteroatoms. The Labute approximate surface area is 151 Å². The van der Waals surface area contributed by atoms with Gasteiger partial charge in [-0.1, -0.05) is 0 Å². The van der Waals surface area contributed by atoms with Crippen LogP contribution in [0.5, 0.6) is 0 Å². The Morgan fingerprint density at radius 1 is 1.36 bits per heavy atom. The second-order valence-corrected chi connectivity index (χ2v) is 7.82. The zero-order valence-electron chi connectivity index (χ0n) is 15.1. The first kappa shape index (κ1) is 21.1. The Bertz CT molecular complexity index is 548. The predicted molar refractivity (Wildman–Crippen MR) is 92.1 cm³/mol. The van der Waals surface area contributed by atoms with Gasteiger partial charge in [-0.05, 0) is 27.7 Å². The first-order valence-electron chi connectivity index (χ1n) is 7.81. The number of carbonyl (C=O) groups is 4. The van der Waals surface area contributed by atoms with Gasteiger partial charge >= 0.3 is 12.1 Å². The summed E-state index contributed by atoms with van der Waals surface area (Å²) in [6.45, 7) is 6.66. The van der Waals surface area contributed by atoms with E-state index in [4.69, 9.17) is 9.84 Å². The standard InChI is InChI=1S/C15H25N3O6S/c1-9(17(5)14(23)24-15(2,3)4)11(20)16-8-10(19)18-6-7-25-12(18)13(21)22/h9,12H,6-8H2,1-5H3,(H,16,20)(H,21,22). The third-order valence-electron chi connectivity index (χ3n) is 3.48. The number of nitrogens with one attached hydrogen (secondary N) is 1. The maximum atomic E-state index is 12.1. The minimum Gasteiger partial charge on any atom is -0.479 e. The van der Waals surface area contributed by atoms with E-state index in [9.17, 15) is 19.2 Å². The van der Waals surface area contributed by atoms with Crippen molar-refractivity contribution in [1.29, 1.82) is 0 Å². The first-order chi connectivity index (χ1) is 11.4. The normalized spacial score (nSPS) is 18.4. The van der Waals surface area contributed by atoms with Crippen molar-refractivity contribution in [3.05, 3.63) is 0 Å². The molecule has 0 aromatic rings. The van der Waals surface area contributed by atoms with Gasteiger partial charge in [0.25, 0.3) is 0 Å². The summed E-state index contributed by atoms with van der Waals surface area (Å²) < 4.78 is 5.18. The molecular formula is C15H25N3O6S. The molecule has 2 unspecified atom stereocenters. The highest BCUT2D eigenvalue weighted by Gasteiger charge is 2.35. The highest BCUT2D eigenvalue weighted by Crippen LogP contribution is 2.23. The Balaban J connectivity index is 2.54. The molecule has 0 aromatic carbocycles. The smallest absolute Gasteiger partial charge is 0.410 e. The number of hydrogen-bond acceptors (Lipinski definition) is 6. The summed E-state index contributed by atoms with van der Waals surface area (Å²) in [7, 11) is 1.43. The number of aliphatic carboxylic acids is 1. The summed E-state index contributed by atoms with van der Waals surface area (Å²) in [5, 5.41) is 10.6. The van der Waals surface area contributed by atoms with Crippen molar-refractivity contribution in [3.63, 3.8) is 0 Å². The minimum atomic E-state index is -1.08. The monoisotopic (exact) mass is 375 g/mol. The van der Waals surface area contributed by atoms with Crippen LogP contribution in [0.25, 0.3) is 0 Å². The molecule has 142 valence electrons. The average Bonchev–Trinajstić information content (AvgIpc) is 2.98. The van der Waals surface area contributed by atoms with Crippen molar-refractivity contribution in [2.45, 2.75) is 44.7 Å². The summed E-state index contributed by atoms with van der Waals surface area (Å²) in [5.41, 5.74) is -0.684. The number of amides is 3. The zero-order valence-corrected chi connectivity index (χ0v) is 15.9. The van der Waals surface area contributed by atoms with E-state index in [1.165, 1.54) is 18.9 Å². The van der Waals surface area contributed by atoms with E-state index in [1.807, 2.05) is 0 Å². The molecule has 1 rings (SSSR count). The van der Waals surface area contributed by atoms with Gasteiger partial charge in [-0.15, -0.1) is 11.8 Å². The van der Waals surface area contributed by atoms with Crippen LogP contribution in [-0.4, -0.2) is 81.7 Å². The fourth-order valence-electron chi connectivity index (χ4n) is 2.01. The lowest BCUT2D eigenvalue weighted by atomic mass is 10.2. The van der Waals surface area contributed by atoms with Gasteiger partial charge in [0.2, 0.25) is 11.8 Å². The third-order valence-corrected chi connectivity index (χ3v) is 4.67. The number of carboxylic acid groups (broad SMARTS) is 1. The van der Waals surface area contributed by atoms with E-state index < -0.39 is 40.9 Å². The Morgan fingerprint density at radius 2 is 1.96 bits per heavy atom. The van der Waals surface area contributed by atoms with E-state index in [2.05, 4.69) is 5.32 Å². The van der Waals surface area contributed by atoms with Crippen molar-refractivity contribution < 1.29 is 29.0 Å². The average molecular weight is 375 g/mol. The molecule has 0 spiro atoms. The minimum absolute atomic E-state index is 0.323. The topological polar surface area (TPSA) is 116 Å². The van der Waals surface area contributed by atoms with Gasteiger partial charge in [-0.3, -0.25) is 14.5 Å². The lowest BCUT2D eigenvalue weighted by molar-refractivity contribution is -0.145. The van der Waals surface area contributed by atoms with Crippen LogP contribution in [0, 0.1) is 0 Å². The van der Waals surface area contributed by atoms with Gasteiger partial charge in [0.1, 0.15) is 11.6 Å². The Hall–Kier alpha value is -1.97. The number of carboxylic acids is 1. The Kier molecular flexibility index (Phi) is 7.09.